The van der Waals surface area contributed by atoms with Crippen LogP contribution in [0.5, 0.6) is 5.75 Å². The van der Waals surface area contributed by atoms with Gasteiger partial charge in [0.2, 0.25) is 0 Å². The molecule has 2 bridgehead atoms. The molecule has 0 radical (unpaired) electrons. The number of nitrogens with one attached hydrogen (secondary N) is 1. The van der Waals surface area contributed by atoms with Crippen LogP contribution in [0.2, 0.25) is 0 Å². The Bertz CT molecular complexity index is 1150. The summed E-state index contributed by atoms with van der Waals surface area (Å²) in [6.07, 6.45) is 2.79. The molecule has 3 aromatic rings. The lowest BCUT2D eigenvalue weighted by Gasteiger charge is -2.44. The predicted molar refractivity (Wildman–Crippen MR) is 108 cm³/mol. The van der Waals surface area contributed by atoms with Crippen molar-refractivity contribution in [2.24, 2.45) is 5.92 Å². The molecular weight excluding hydrogens is 370 g/mol. The van der Waals surface area contributed by atoms with Gasteiger partial charge in [-0.05, 0) is 36.6 Å². The number of hydrogen-bond donors (Lipinski definition) is 2. The Labute approximate surface area is 167 Å². The monoisotopic (exact) mass is 393 g/mol. The molecule has 7 heteroatoms. The molecule has 1 saturated heterocycles. The highest BCUT2D eigenvalue weighted by Gasteiger charge is 2.40. The number of likely N-dealkylation sites (tertiary alicyclic amines) is 1. The van der Waals surface area contributed by atoms with Crippen LogP contribution in [0.15, 0.2) is 47.4 Å². The molecule has 150 valence electrons. The van der Waals surface area contributed by atoms with Crippen LogP contribution in [0, 0.1) is 5.92 Å². The molecule has 7 nitrogen and oxygen atoms in total. The van der Waals surface area contributed by atoms with Gasteiger partial charge in [-0.25, -0.2) is 0 Å². The van der Waals surface area contributed by atoms with Crippen molar-refractivity contribution in [1.82, 2.24) is 14.5 Å². The third-order valence-corrected chi connectivity index (χ3v) is 6.32. The summed E-state index contributed by atoms with van der Waals surface area (Å²) in [6, 6.07) is 10.3. The molecule has 1 aromatic carbocycles. The number of rotatable bonds is 4. The van der Waals surface area contributed by atoms with Crippen LogP contribution < -0.4 is 10.3 Å². The van der Waals surface area contributed by atoms with Gasteiger partial charge in [0.1, 0.15) is 11.8 Å². The van der Waals surface area contributed by atoms with Crippen molar-refractivity contribution < 1.29 is 14.6 Å². The van der Waals surface area contributed by atoms with Crippen molar-refractivity contribution in [3.8, 4) is 5.75 Å². The van der Waals surface area contributed by atoms with Gasteiger partial charge in [0, 0.05) is 60.0 Å². The fraction of sp³-hybridized carbons (Fsp3) is 0.364. The van der Waals surface area contributed by atoms with Crippen LogP contribution in [0.25, 0.3) is 10.9 Å². The van der Waals surface area contributed by atoms with E-state index in [0.717, 1.165) is 28.6 Å². The van der Waals surface area contributed by atoms with E-state index < -0.39 is 12.0 Å². The molecule has 5 rings (SSSR count). The fourth-order valence-corrected chi connectivity index (χ4v) is 5.10. The first kappa shape index (κ1) is 18.0. The molecule has 3 atom stereocenters. The first-order valence-corrected chi connectivity index (χ1v) is 9.86. The molecule has 0 aliphatic carbocycles. The average molecular weight is 393 g/mol. The van der Waals surface area contributed by atoms with Crippen molar-refractivity contribution in [3.05, 3.63) is 64.2 Å². The summed E-state index contributed by atoms with van der Waals surface area (Å²) in [5, 5.41) is 11.0. The second kappa shape index (κ2) is 6.77. The topological polar surface area (TPSA) is 87.6 Å². The Kier molecular flexibility index (Phi) is 4.20. The third kappa shape index (κ3) is 2.93. The number of methoxy groups -OCH3 is 1. The number of fused-ring (bicyclic) bond motifs is 5. The maximum atomic E-state index is 12.4. The van der Waals surface area contributed by atoms with E-state index in [1.54, 1.807) is 25.4 Å². The summed E-state index contributed by atoms with van der Waals surface area (Å²) >= 11 is 0. The molecular formula is C22H23N3O4. The molecule has 2 aliphatic rings. The van der Waals surface area contributed by atoms with Crippen LogP contribution in [0.1, 0.15) is 29.6 Å². The average Bonchev–Trinajstić information content (AvgIpc) is 3.11. The number of carboxylic acids is 1. The van der Waals surface area contributed by atoms with Gasteiger partial charge in [-0.15, -0.1) is 0 Å². The van der Waals surface area contributed by atoms with Gasteiger partial charge in [0.15, 0.2) is 0 Å². The molecule has 0 amide bonds. The first-order chi connectivity index (χ1) is 14.0. The lowest BCUT2D eigenvalue weighted by molar-refractivity contribution is -0.144. The number of carboxylic acid groups (broad SMARTS) is 1. The maximum Gasteiger partial charge on any atom is 0.325 e. The summed E-state index contributed by atoms with van der Waals surface area (Å²) in [7, 11) is 1.60. The minimum atomic E-state index is -0.862. The molecule has 2 aliphatic heterocycles. The molecule has 2 N–H and O–H groups in total. The Morgan fingerprint density at radius 1 is 1.24 bits per heavy atom. The van der Waals surface area contributed by atoms with Gasteiger partial charge >= 0.3 is 5.97 Å². The number of hydrogen-bond acceptors (Lipinski definition) is 4. The maximum absolute atomic E-state index is 12.4. The molecule has 4 heterocycles. The second-order valence-electron chi connectivity index (χ2n) is 8.05. The van der Waals surface area contributed by atoms with Crippen molar-refractivity contribution in [2.75, 3.05) is 20.2 Å². The minimum Gasteiger partial charge on any atom is -0.497 e. The smallest absolute Gasteiger partial charge is 0.325 e. The van der Waals surface area contributed by atoms with E-state index in [2.05, 4.69) is 9.88 Å². The summed E-state index contributed by atoms with van der Waals surface area (Å²) < 4.78 is 7.20. The normalized spacial score (nSPS) is 22.2. The number of ether oxygens (including phenoxy) is 1. The number of H-pyrrole nitrogens is 1. The number of benzene rings is 1. The highest BCUT2D eigenvalue weighted by molar-refractivity contribution is 5.90. The Hall–Kier alpha value is -3.06. The number of pyridine rings is 1. The highest BCUT2D eigenvalue weighted by Crippen LogP contribution is 2.40. The number of aromatic nitrogens is 2. The van der Waals surface area contributed by atoms with Crippen LogP contribution in [0.3, 0.4) is 0 Å². The van der Waals surface area contributed by atoms with Crippen molar-refractivity contribution in [1.29, 1.82) is 0 Å². The lowest BCUT2D eigenvalue weighted by Crippen LogP contribution is -2.49. The quantitative estimate of drug-likeness (QED) is 0.711. The largest absolute Gasteiger partial charge is 0.497 e. The van der Waals surface area contributed by atoms with Gasteiger partial charge in [-0.3, -0.25) is 14.5 Å². The summed E-state index contributed by atoms with van der Waals surface area (Å²) in [4.78, 5) is 29.9. The highest BCUT2D eigenvalue weighted by atomic mass is 16.5. The SMILES string of the molecule is COc1ccc2[nH]cc([C@H](C(=O)O)N3C[C@@H]4C[C@@H](C3)c3cccc(=O)n3C4)c2c1. The first-order valence-electron chi connectivity index (χ1n) is 9.86. The zero-order valence-corrected chi connectivity index (χ0v) is 16.2. The number of piperidine rings is 1. The summed E-state index contributed by atoms with van der Waals surface area (Å²) in [5.74, 6) is 0.270. The van der Waals surface area contributed by atoms with Crippen molar-refractivity contribution in [3.63, 3.8) is 0 Å². The number of nitrogens with zero attached hydrogens (tertiary/aromatic N) is 2. The zero-order chi connectivity index (χ0) is 20.1. The van der Waals surface area contributed by atoms with Gasteiger partial charge in [0.25, 0.3) is 5.56 Å². The van der Waals surface area contributed by atoms with Gasteiger partial charge in [-0.2, -0.15) is 0 Å². The van der Waals surface area contributed by atoms with Gasteiger partial charge in [-0.1, -0.05) is 6.07 Å². The van der Waals surface area contributed by atoms with Crippen LogP contribution >= 0.6 is 0 Å². The van der Waals surface area contributed by atoms with Crippen LogP contribution in [-0.4, -0.2) is 45.7 Å². The number of aromatic amines is 1. The number of aliphatic carboxylic acids is 1. The lowest BCUT2D eigenvalue weighted by atomic mass is 9.82. The van der Waals surface area contributed by atoms with E-state index >= 15 is 0 Å². The van der Waals surface area contributed by atoms with Crippen LogP contribution in [0.4, 0.5) is 0 Å². The Morgan fingerprint density at radius 3 is 2.90 bits per heavy atom. The Balaban J connectivity index is 1.54. The fourth-order valence-electron chi connectivity index (χ4n) is 5.10. The summed E-state index contributed by atoms with van der Waals surface area (Å²) in [5.41, 5.74) is 2.69. The molecule has 0 unspecified atom stereocenters. The Morgan fingerprint density at radius 2 is 2.10 bits per heavy atom. The van der Waals surface area contributed by atoms with E-state index in [0.29, 0.717) is 25.4 Å². The second-order valence-corrected chi connectivity index (χ2v) is 8.05. The zero-order valence-electron chi connectivity index (χ0n) is 16.2. The van der Waals surface area contributed by atoms with Crippen molar-refractivity contribution in [2.45, 2.75) is 24.9 Å². The molecule has 0 saturated carbocycles. The standard InChI is InChI=1S/C22H23N3O4/c1-29-15-5-6-18-16(8-15)17(9-23-18)21(22(27)28)24-10-13-7-14(12-24)19-3-2-4-20(26)25(19)11-13/h2-6,8-9,13-14,21,23H,7,10-12H2,1H3,(H,27,28)/t13-,14-,21+/m0/s1. The van der Waals surface area contributed by atoms with Crippen molar-refractivity contribution >= 4 is 16.9 Å². The van der Waals surface area contributed by atoms with E-state index in [9.17, 15) is 14.7 Å². The van der Waals surface area contributed by atoms with Gasteiger partial charge in [0.05, 0.1) is 7.11 Å². The van der Waals surface area contributed by atoms with E-state index in [-0.39, 0.29) is 17.4 Å². The van der Waals surface area contributed by atoms with E-state index in [1.165, 1.54) is 0 Å². The van der Waals surface area contributed by atoms with E-state index in [4.69, 9.17) is 4.74 Å². The third-order valence-electron chi connectivity index (χ3n) is 6.32. The van der Waals surface area contributed by atoms with Crippen LogP contribution in [-0.2, 0) is 11.3 Å². The number of carbonyl (C=O) groups is 1. The molecule has 2 aromatic heterocycles. The molecule has 1 fully saturated rings. The minimum absolute atomic E-state index is 0.0316. The summed E-state index contributed by atoms with van der Waals surface area (Å²) in [6.45, 7) is 1.93. The molecule has 0 spiro atoms. The van der Waals surface area contributed by atoms with E-state index in [1.807, 2.05) is 28.8 Å². The molecule has 29 heavy (non-hydrogen) atoms. The predicted octanol–water partition coefficient (Wildman–Crippen LogP) is 2.58. The van der Waals surface area contributed by atoms with Gasteiger partial charge < -0.3 is 19.4 Å².